The molecule has 1 aromatic carbocycles. The Morgan fingerprint density at radius 3 is 2.29 bits per heavy atom. The Labute approximate surface area is 145 Å². The molecule has 2 fully saturated rings. The van der Waals surface area contributed by atoms with Crippen LogP contribution in [-0.2, 0) is 0 Å². The molecule has 1 saturated heterocycles. The van der Waals surface area contributed by atoms with E-state index in [0.717, 1.165) is 43.7 Å². The van der Waals surface area contributed by atoms with Crippen molar-refractivity contribution < 1.29 is 9.53 Å². The number of nitrogens with one attached hydrogen (secondary N) is 1. The molecule has 0 radical (unpaired) electrons. The molecule has 1 heterocycles. The van der Waals surface area contributed by atoms with Crippen LogP contribution in [-0.4, -0.2) is 54.2 Å². The first-order chi connectivity index (χ1) is 11.6. The number of hydrogen-bond donors (Lipinski definition) is 1. The van der Waals surface area contributed by atoms with Gasteiger partial charge in [-0.05, 0) is 51.0 Å². The van der Waals surface area contributed by atoms with Gasteiger partial charge in [0.15, 0.2) is 0 Å². The van der Waals surface area contributed by atoms with Crippen molar-refractivity contribution in [2.45, 2.75) is 51.7 Å². The second-order valence-electron chi connectivity index (χ2n) is 7.08. The number of benzene rings is 1. The van der Waals surface area contributed by atoms with Gasteiger partial charge in [0.2, 0.25) is 0 Å². The van der Waals surface area contributed by atoms with E-state index < -0.39 is 0 Å². The van der Waals surface area contributed by atoms with Gasteiger partial charge in [0.25, 0.3) is 0 Å². The second kappa shape index (κ2) is 7.88. The molecule has 24 heavy (non-hydrogen) atoms. The van der Waals surface area contributed by atoms with Crippen LogP contribution in [0.1, 0.15) is 39.5 Å². The molecule has 0 aromatic heterocycles. The van der Waals surface area contributed by atoms with E-state index >= 15 is 0 Å². The minimum absolute atomic E-state index is 0.00130. The molecule has 0 bridgehead atoms. The van der Waals surface area contributed by atoms with E-state index in [-0.39, 0.29) is 12.1 Å². The van der Waals surface area contributed by atoms with Crippen molar-refractivity contribution in [3.05, 3.63) is 24.3 Å². The molecule has 1 aliphatic carbocycles. The van der Waals surface area contributed by atoms with Gasteiger partial charge in [-0.2, -0.15) is 0 Å². The lowest BCUT2D eigenvalue weighted by atomic mass is 10.2. The molecule has 1 aliphatic heterocycles. The minimum Gasteiger partial charge on any atom is -0.491 e. The maximum absolute atomic E-state index is 12.4. The summed E-state index contributed by atoms with van der Waals surface area (Å²) in [5, 5.41) is 2.99. The topological polar surface area (TPSA) is 44.8 Å². The van der Waals surface area contributed by atoms with Crippen molar-refractivity contribution in [1.29, 1.82) is 0 Å². The molecule has 5 heteroatoms. The third-order valence-corrected chi connectivity index (χ3v) is 4.92. The van der Waals surface area contributed by atoms with Crippen LogP contribution < -0.4 is 10.1 Å². The van der Waals surface area contributed by atoms with E-state index in [1.165, 1.54) is 25.7 Å². The normalized spacial score (nSPS) is 19.7. The van der Waals surface area contributed by atoms with Gasteiger partial charge in [-0.15, -0.1) is 0 Å². The van der Waals surface area contributed by atoms with Crippen molar-refractivity contribution in [3.8, 4) is 5.75 Å². The number of carbonyl (C=O) groups excluding carboxylic acids is 1. The Morgan fingerprint density at radius 1 is 1.08 bits per heavy atom. The zero-order valence-electron chi connectivity index (χ0n) is 14.8. The number of hydrogen-bond acceptors (Lipinski definition) is 3. The van der Waals surface area contributed by atoms with Gasteiger partial charge in [0.1, 0.15) is 5.75 Å². The van der Waals surface area contributed by atoms with E-state index in [9.17, 15) is 4.79 Å². The Hall–Kier alpha value is -1.75. The number of anilines is 1. The number of nitrogens with zero attached hydrogens (tertiary/aromatic N) is 2. The van der Waals surface area contributed by atoms with Crippen molar-refractivity contribution in [3.63, 3.8) is 0 Å². The van der Waals surface area contributed by atoms with Crippen molar-refractivity contribution in [2.24, 2.45) is 0 Å². The third kappa shape index (κ3) is 4.41. The molecule has 0 spiro atoms. The standard InChI is InChI=1S/C19H29N3O2/c1-15(2)24-18-9-7-16(8-10-18)20-19(23)22-13-11-21(12-14-22)17-5-3-4-6-17/h7-10,15,17H,3-6,11-14H2,1-2H3,(H,20,23). The first-order valence-electron chi connectivity index (χ1n) is 9.18. The molecule has 0 atom stereocenters. The van der Waals surface area contributed by atoms with Gasteiger partial charge in [0.05, 0.1) is 6.10 Å². The fourth-order valence-electron chi connectivity index (χ4n) is 3.65. The van der Waals surface area contributed by atoms with Gasteiger partial charge in [-0.1, -0.05) is 12.8 Å². The molecule has 0 unspecified atom stereocenters. The maximum atomic E-state index is 12.4. The second-order valence-corrected chi connectivity index (χ2v) is 7.08. The van der Waals surface area contributed by atoms with Crippen molar-refractivity contribution >= 4 is 11.7 Å². The lowest BCUT2D eigenvalue weighted by molar-refractivity contribution is 0.115. The van der Waals surface area contributed by atoms with E-state index in [4.69, 9.17) is 4.74 Å². The van der Waals surface area contributed by atoms with Gasteiger partial charge >= 0.3 is 6.03 Å². The minimum atomic E-state index is -0.00130. The van der Waals surface area contributed by atoms with Crippen LogP contribution in [0.2, 0.25) is 0 Å². The largest absolute Gasteiger partial charge is 0.491 e. The highest BCUT2D eigenvalue weighted by Crippen LogP contribution is 2.24. The summed E-state index contributed by atoms with van der Waals surface area (Å²) in [7, 11) is 0. The SMILES string of the molecule is CC(C)Oc1ccc(NC(=O)N2CCN(C3CCCC3)CC2)cc1. The summed E-state index contributed by atoms with van der Waals surface area (Å²) in [6, 6.07) is 8.33. The Kier molecular flexibility index (Phi) is 5.61. The molecule has 132 valence electrons. The Morgan fingerprint density at radius 2 is 1.71 bits per heavy atom. The molecule has 2 amide bonds. The Bertz CT molecular complexity index is 530. The molecule has 3 rings (SSSR count). The molecule has 1 saturated carbocycles. The summed E-state index contributed by atoms with van der Waals surface area (Å²) in [5.41, 5.74) is 0.814. The first-order valence-corrected chi connectivity index (χ1v) is 9.18. The average Bonchev–Trinajstić information content (AvgIpc) is 3.11. The zero-order chi connectivity index (χ0) is 16.9. The third-order valence-electron chi connectivity index (χ3n) is 4.92. The lowest BCUT2D eigenvalue weighted by Crippen LogP contribution is -2.52. The zero-order valence-corrected chi connectivity index (χ0v) is 14.8. The highest BCUT2D eigenvalue weighted by molar-refractivity contribution is 5.89. The summed E-state index contributed by atoms with van der Waals surface area (Å²) in [6.45, 7) is 7.63. The number of amides is 2. The molecular formula is C19H29N3O2. The van der Waals surface area contributed by atoms with Crippen LogP contribution in [0.3, 0.4) is 0 Å². The quantitative estimate of drug-likeness (QED) is 0.917. The van der Waals surface area contributed by atoms with Crippen LogP contribution in [0, 0.1) is 0 Å². The lowest BCUT2D eigenvalue weighted by Gasteiger charge is -2.38. The maximum Gasteiger partial charge on any atom is 0.321 e. The summed E-state index contributed by atoms with van der Waals surface area (Å²) >= 11 is 0. The van der Waals surface area contributed by atoms with Crippen LogP contribution in [0.4, 0.5) is 10.5 Å². The summed E-state index contributed by atoms with van der Waals surface area (Å²) in [5.74, 6) is 0.827. The van der Waals surface area contributed by atoms with Crippen LogP contribution in [0.25, 0.3) is 0 Å². The number of piperazine rings is 1. The van der Waals surface area contributed by atoms with Crippen molar-refractivity contribution in [2.75, 3.05) is 31.5 Å². The van der Waals surface area contributed by atoms with Crippen LogP contribution in [0.15, 0.2) is 24.3 Å². The van der Waals surface area contributed by atoms with Crippen molar-refractivity contribution in [1.82, 2.24) is 9.80 Å². The fourth-order valence-corrected chi connectivity index (χ4v) is 3.65. The smallest absolute Gasteiger partial charge is 0.321 e. The monoisotopic (exact) mass is 331 g/mol. The number of rotatable bonds is 4. The van der Waals surface area contributed by atoms with Crippen LogP contribution in [0.5, 0.6) is 5.75 Å². The van der Waals surface area contributed by atoms with E-state index in [1.54, 1.807) is 0 Å². The predicted molar refractivity (Wildman–Crippen MR) is 96.6 cm³/mol. The van der Waals surface area contributed by atoms with E-state index in [0.29, 0.717) is 0 Å². The first kappa shape index (κ1) is 17.1. The number of ether oxygens (including phenoxy) is 1. The van der Waals surface area contributed by atoms with E-state index in [1.807, 2.05) is 43.0 Å². The molecule has 2 aliphatic rings. The average molecular weight is 331 g/mol. The van der Waals surface area contributed by atoms with Gasteiger partial charge in [-0.25, -0.2) is 4.79 Å². The predicted octanol–water partition coefficient (Wildman–Crippen LogP) is 3.57. The van der Waals surface area contributed by atoms with Crippen LogP contribution >= 0.6 is 0 Å². The number of urea groups is 1. The summed E-state index contributed by atoms with van der Waals surface area (Å²) < 4.78 is 5.62. The Balaban J connectivity index is 1.47. The van der Waals surface area contributed by atoms with Gasteiger partial charge in [-0.3, -0.25) is 4.90 Å². The van der Waals surface area contributed by atoms with Gasteiger partial charge in [0, 0.05) is 37.9 Å². The number of carbonyl (C=O) groups is 1. The van der Waals surface area contributed by atoms with E-state index in [2.05, 4.69) is 10.2 Å². The highest BCUT2D eigenvalue weighted by Gasteiger charge is 2.27. The fraction of sp³-hybridized carbons (Fsp3) is 0.632. The molecule has 1 aromatic rings. The molecule has 5 nitrogen and oxygen atoms in total. The highest BCUT2D eigenvalue weighted by atomic mass is 16.5. The van der Waals surface area contributed by atoms with Gasteiger partial charge < -0.3 is 15.0 Å². The molecular weight excluding hydrogens is 302 g/mol. The summed E-state index contributed by atoms with van der Waals surface area (Å²) in [6.07, 6.45) is 5.54. The molecule has 1 N–H and O–H groups in total. The summed E-state index contributed by atoms with van der Waals surface area (Å²) in [4.78, 5) is 16.9.